The molecule has 23 heavy (non-hydrogen) atoms. The van der Waals surface area contributed by atoms with Gasteiger partial charge in [-0.3, -0.25) is 9.69 Å². The van der Waals surface area contributed by atoms with Gasteiger partial charge < -0.3 is 4.90 Å². The van der Waals surface area contributed by atoms with Crippen molar-refractivity contribution in [2.75, 3.05) is 20.1 Å². The number of rotatable bonds is 1. The minimum atomic E-state index is -0.383. The van der Waals surface area contributed by atoms with Crippen LogP contribution in [0.2, 0.25) is 0 Å². The van der Waals surface area contributed by atoms with Gasteiger partial charge in [-0.1, -0.05) is 18.2 Å². The number of para-hydroxylation sites is 1. The molecule has 0 radical (unpaired) electrons. The average molecular weight is 313 g/mol. The van der Waals surface area contributed by atoms with E-state index in [1.165, 1.54) is 12.5 Å². The number of likely N-dealkylation sites (N-methyl/N-ethyl adjacent to an activating group) is 1. The van der Waals surface area contributed by atoms with Crippen molar-refractivity contribution < 1.29 is 9.18 Å². The maximum atomic E-state index is 13.9. The van der Waals surface area contributed by atoms with Crippen molar-refractivity contribution >= 4 is 16.8 Å². The molecule has 2 aliphatic rings. The van der Waals surface area contributed by atoms with Crippen LogP contribution in [-0.4, -0.2) is 52.9 Å². The molecule has 2 aliphatic heterocycles. The molecule has 0 aliphatic carbocycles. The molecule has 0 unspecified atom stereocenters. The average Bonchev–Trinajstić information content (AvgIpc) is 2.80. The van der Waals surface area contributed by atoms with Gasteiger partial charge in [-0.2, -0.15) is 0 Å². The highest BCUT2D eigenvalue weighted by Crippen LogP contribution is 2.29. The summed E-state index contributed by atoms with van der Waals surface area (Å²) in [7, 11) is 2.15. The van der Waals surface area contributed by atoms with E-state index in [-0.39, 0.29) is 17.2 Å². The summed E-state index contributed by atoms with van der Waals surface area (Å²) in [5.74, 6) is -0.470. The lowest BCUT2D eigenvalue weighted by Crippen LogP contribution is -2.40. The van der Waals surface area contributed by atoms with Crippen molar-refractivity contribution in [3.8, 4) is 0 Å². The fraction of sp³-hybridized carbons (Fsp3) is 0.444. The van der Waals surface area contributed by atoms with Crippen molar-refractivity contribution in [3.05, 3.63) is 41.8 Å². The van der Waals surface area contributed by atoms with E-state index in [1.54, 1.807) is 24.3 Å². The van der Waals surface area contributed by atoms with E-state index in [2.05, 4.69) is 16.9 Å². The second-order valence-electron chi connectivity index (χ2n) is 6.60. The van der Waals surface area contributed by atoms with E-state index in [0.29, 0.717) is 17.8 Å². The molecule has 0 spiro atoms. The number of fused-ring (bicyclic) bond motifs is 3. The molecular weight excluding hydrogens is 293 g/mol. The van der Waals surface area contributed by atoms with Crippen LogP contribution in [0.5, 0.6) is 0 Å². The predicted octanol–water partition coefficient (Wildman–Crippen LogP) is 2.68. The Morgan fingerprint density at radius 1 is 1.17 bits per heavy atom. The Bertz CT molecular complexity index is 763. The number of amides is 1. The first-order valence-corrected chi connectivity index (χ1v) is 8.20. The van der Waals surface area contributed by atoms with Crippen LogP contribution in [0.15, 0.2) is 30.3 Å². The molecule has 4 nitrogen and oxygen atoms in total. The lowest BCUT2D eigenvalue weighted by Gasteiger charge is -2.25. The van der Waals surface area contributed by atoms with Crippen LogP contribution in [0.25, 0.3) is 10.9 Å². The first kappa shape index (κ1) is 14.6. The van der Waals surface area contributed by atoms with E-state index in [1.807, 2.05) is 4.90 Å². The van der Waals surface area contributed by atoms with Gasteiger partial charge >= 0.3 is 0 Å². The highest BCUT2D eigenvalue weighted by atomic mass is 19.1. The molecule has 2 fully saturated rings. The maximum absolute atomic E-state index is 13.9. The molecule has 120 valence electrons. The quantitative estimate of drug-likeness (QED) is 0.812. The molecule has 2 saturated heterocycles. The highest BCUT2D eigenvalue weighted by molar-refractivity contribution is 5.95. The number of carbonyl (C=O) groups is 1. The SMILES string of the molecule is CN1[C@@H]2CC[C@H]1CN(C(=O)c1ccc3cccc(F)c3n1)CC2. The minimum absolute atomic E-state index is 0.0869. The first-order valence-electron chi connectivity index (χ1n) is 8.20. The number of nitrogens with zero attached hydrogens (tertiary/aromatic N) is 3. The van der Waals surface area contributed by atoms with Crippen LogP contribution in [0.3, 0.4) is 0 Å². The van der Waals surface area contributed by atoms with E-state index in [4.69, 9.17) is 0 Å². The van der Waals surface area contributed by atoms with Gasteiger partial charge in [-0.15, -0.1) is 0 Å². The van der Waals surface area contributed by atoms with Crippen molar-refractivity contribution in [3.63, 3.8) is 0 Å². The van der Waals surface area contributed by atoms with Crippen molar-refractivity contribution in [1.82, 2.24) is 14.8 Å². The zero-order valence-electron chi connectivity index (χ0n) is 13.2. The predicted molar refractivity (Wildman–Crippen MR) is 86.8 cm³/mol. The molecule has 2 atom stereocenters. The molecule has 0 saturated carbocycles. The summed E-state index contributed by atoms with van der Waals surface area (Å²) in [4.78, 5) is 21.4. The maximum Gasteiger partial charge on any atom is 0.272 e. The van der Waals surface area contributed by atoms with Gasteiger partial charge in [-0.25, -0.2) is 9.37 Å². The monoisotopic (exact) mass is 313 g/mol. The van der Waals surface area contributed by atoms with Crippen LogP contribution in [-0.2, 0) is 0 Å². The number of benzene rings is 1. The Kier molecular flexibility index (Phi) is 3.53. The van der Waals surface area contributed by atoms with Gasteiger partial charge in [0.15, 0.2) is 0 Å². The molecular formula is C18H20FN3O. The van der Waals surface area contributed by atoms with Gasteiger partial charge in [0.25, 0.3) is 5.91 Å². The first-order chi connectivity index (χ1) is 11.1. The molecule has 0 N–H and O–H groups in total. The van der Waals surface area contributed by atoms with Crippen molar-refractivity contribution in [1.29, 1.82) is 0 Å². The fourth-order valence-corrected chi connectivity index (χ4v) is 3.89. The Morgan fingerprint density at radius 3 is 2.87 bits per heavy atom. The van der Waals surface area contributed by atoms with E-state index < -0.39 is 0 Å². The molecule has 1 aromatic carbocycles. The smallest absolute Gasteiger partial charge is 0.272 e. The number of halogens is 1. The van der Waals surface area contributed by atoms with E-state index in [0.717, 1.165) is 31.3 Å². The Morgan fingerprint density at radius 2 is 2.00 bits per heavy atom. The standard InChI is InChI=1S/C18H20FN3O/c1-21-13-6-7-14(21)11-22(10-9-13)18(23)16-8-5-12-3-2-4-15(19)17(12)20-16/h2-5,8,13-14H,6-7,9-11H2,1H3/t13-,14+/m1/s1. The van der Waals surface area contributed by atoms with Crippen molar-refractivity contribution in [2.45, 2.75) is 31.3 Å². The number of likely N-dealkylation sites (tertiary alicyclic amines) is 1. The summed E-state index contributed by atoms with van der Waals surface area (Å²) < 4.78 is 13.9. The van der Waals surface area contributed by atoms with Crippen LogP contribution in [0.1, 0.15) is 29.8 Å². The zero-order chi connectivity index (χ0) is 16.0. The van der Waals surface area contributed by atoms with Crippen LogP contribution in [0.4, 0.5) is 4.39 Å². The third kappa shape index (κ3) is 2.49. The summed E-state index contributed by atoms with van der Waals surface area (Å²) in [6.45, 7) is 1.49. The summed E-state index contributed by atoms with van der Waals surface area (Å²) in [5, 5.41) is 0.719. The Balaban J connectivity index is 1.63. The third-order valence-electron chi connectivity index (χ3n) is 5.33. The lowest BCUT2D eigenvalue weighted by molar-refractivity contribution is 0.0734. The van der Waals surface area contributed by atoms with Crippen LogP contribution in [0, 0.1) is 5.82 Å². The van der Waals surface area contributed by atoms with Gasteiger partial charge in [0.2, 0.25) is 0 Å². The van der Waals surface area contributed by atoms with Gasteiger partial charge in [-0.05, 0) is 38.4 Å². The summed E-state index contributed by atoms with van der Waals surface area (Å²) in [6.07, 6.45) is 3.37. The van der Waals surface area contributed by atoms with Gasteiger partial charge in [0, 0.05) is 30.6 Å². The third-order valence-corrected chi connectivity index (χ3v) is 5.33. The number of pyridine rings is 1. The van der Waals surface area contributed by atoms with Gasteiger partial charge in [0.1, 0.15) is 17.0 Å². The summed E-state index contributed by atoms with van der Waals surface area (Å²) in [6, 6.07) is 9.33. The second-order valence-corrected chi connectivity index (χ2v) is 6.60. The fourth-order valence-electron chi connectivity index (χ4n) is 3.89. The topological polar surface area (TPSA) is 36.4 Å². The number of carbonyl (C=O) groups excluding carboxylic acids is 1. The Hall–Kier alpha value is -2.01. The number of aromatic nitrogens is 1. The molecule has 4 rings (SSSR count). The summed E-state index contributed by atoms with van der Waals surface area (Å²) in [5.41, 5.74) is 0.606. The minimum Gasteiger partial charge on any atom is -0.336 e. The van der Waals surface area contributed by atoms with E-state index >= 15 is 0 Å². The van der Waals surface area contributed by atoms with Gasteiger partial charge in [0.05, 0.1) is 0 Å². The van der Waals surface area contributed by atoms with Crippen LogP contribution < -0.4 is 0 Å². The van der Waals surface area contributed by atoms with Crippen molar-refractivity contribution in [2.24, 2.45) is 0 Å². The number of hydrogen-bond acceptors (Lipinski definition) is 3. The van der Waals surface area contributed by atoms with Crippen LogP contribution >= 0.6 is 0 Å². The normalized spacial score (nSPS) is 24.9. The highest BCUT2D eigenvalue weighted by Gasteiger charge is 2.36. The second kappa shape index (κ2) is 5.57. The number of hydrogen-bond donors (Lipinski definition) is 0. The lowest BCUT2D eigenvalue weighted by atomic mass is 10.1. The molecule has 1 aromatic heterocycles. The largest absolute Gasteiger partial charge is 0.336 e. The molecule has 5 heteroatoms. The van der Waals surface area contributed by atoms with E-state index in [9.17, 15) is 9.18 Å². The Labute approximate surface area is 134 Å². The molecule has 1 amide bonds. The summed E-state index contributed by atoms with van der Waals surface area (Å²) >= 11 is 0. The molecule has 3 heterocycles. The zero-order valence-corrected chi connectivity index (χ0v) is 13.2. The molecule has 2 aromatic rings. The molecule has 2 bridgehead atoms.